The van der Waals surface area contributed by atoms with Crippen LogP contribution in [0.25, 0.3) is 22.5 Å². The van der Waals surface area contributed by atoms with Crippen molar-refractivity contribution in [2.24, 2.45) is 0 Å². The molecule has 110 valence electrons. The van der Waals surface area contributed by atoms with Crippen molar-refractivity contribution in [3.05, 3.63) is 53.9 Å². The van der Waals surface area contributed by atoms with Crippen LogP contribution < -0.4 is 4.74 Å². The molecule has 4 rings (SSSR count). The number of aromatic amines is 1. The second kappa shape index (κ2) is 5.30. The zero-order valence-corrected chi connectivity index (χ0v) is 12.5. The van der Waals surface area contributed by atoms with Gasteiger partial charge in [-0.05, 0) is 49.1 Å². The van der Waals surface area contributed by atoms with E-state index in [0.717, 1.165) is 42.0 Å². The first-order valence-corrected chi connectivity index (χ1v) is 7.52. The van der Waals surface area contributed by atoms with Crippen LogP contribution in [0.3, 0.4) is 0 Å². The standard InChI is InChI=1S/C18H17N3O/c1-22-14-6-5-12-3-2-4-15-17(13-7-9-19-10-8-13)20-21-18(15)16(12)11-14/h5-11H,2-4H2,1H3,(H,20,21). The Hall–Kier alpha value is -2.62. The van der Waals surface area contributed by atoms with Crippen molar-refractivity contribution < 1.29 is 4.74 Å². The topological polar surface area (TPSA) is 50.8 Å². The Morgan fingerprint density at radius 2 is 1.95 bits per heavy atom. The lowest BCUT2D eigenvalue weighted by Crippen LogP contribution is -1.90. The van der Waals surface area contributed by atoms with Gasteiger partial charge < -0.3 is 4.74 Å². The molecule has 0 aliphatic heterocycles. The van der Waals surface area contributed by atoms with Crippen LogP contribution >= 0.6 is 0 Å². The highest BCUT2D eigenvalue weighted by molar-refractivity contribution is 5.77. The maximum atomic E-state index is 5.38. The van der Waals surface area contributed by atoms with Gasteiger partial charge in [-0.3, -0.25) is 10.1 Å². The molecule has 2 aromatic heterocycles. The van der Waals surface area contributed by atoms with Crippen molar-refractivity contribution >= 4 is 0 Å². The Bertz CT molecular complexity index is 808. The molecular formula is C18H17N3O. The molecule has 22 heavy (non-hydrogen) atoms. The van der Waals surface area contributed by atoms with Gasteiger partial charge >= 0.3 is 0 Å². The molecular weight excluding hydrogens is 274 g/mol. The van der Waals surface area contributed by atoms with Crippen molar-refractivity contribution in [1.82, 2.24) is 15.2 Å². The van der Waals surface area contributed by atoms with Crippen LogP contribution in [-0.2, 0) is 12.8 Å². The maximum absolute atomic E-state index is 5.38. The van der Waals surface area contributed by atoms with E-state index in [-0.39, 0.29) is 0 Å². The van der Waals surface area contributed by atoms with Gasteiger partial charge in [0.2, 0.25) is 0 Å². The van der Waals surface area contributed by atoms with Crippen LogP contribution in [0.15, 0.2) is 42.7 Å². The van der Waals surface area contributed by atoms with Crippen LogP contribution in [0, 0.1) is 0 Å². The first-order valence-electron chi connectivity index (χ1n) is 7.52. The van der Waals surface area contributed by atoms with Gasteiger partial charge in [0.05, 0.1) is 18.5 Å². The number of nitrogens with zero attached hydrogens (tertiary/aromatic N) is 2. The lowest BCUT2D eigenvalue weighted by atomic mass is 10.00. The number of pyridine rings is 1. The molecule has 0 amide bonds. The van der Waals surface area contributed by atoms with Crippen molar-refractivity contribution in [2.45, 2.75) is 19.3 Å². The number of H-pyrrole nitrogens is 1. The van der Waals surface area contributed by atoms with Gasteiger partial charge in [-0.15, -0.1) is 0 Å². The second-order valence-electron chi connectivity index (χ2n) is 5.54. The summed E-state index contributed by atoms with van der Waals surface area (Å²) in [6.45, 7) is 0. The molecule has 1 N–H and O–H groups in total. The average molecular weight is 291 g/mol. The smallest absolute Gasteiger partial charge is 0.119 e. The summed E-state index contributed by atoms with van der Waals surface area (Å²) in [5.41, 5.74) is 7.11. The molecule has 0 radical (unpaired) electrons. The predicted molar refractivity (Wildman–Crippen MR) is 85.8 cm³/mol. The number of aromatic nitrogens is 3. The molecule has 3 aromatic rings. The molecule has 1 aromatic carbocycles. The molecule has 0 spiro atoms. The van der Waals surface area contributed by atoms with E-state index >= 15 is 0 Å². The van der Waals surface area contributed by atoms with Crippen molar-refractivity contribution in [2.75, 3.05) is 7.11 Å². The highest BCUT2D eigenvalue weighted by atomic mass is 16.5. The molecule has 0 fully saturated rings. The molecule has 1 aliphatic carbocycles. The highest BCUT2D eigenvalue weighted by Crippen LogP contribution is 2.37. The maximum Gasteiger partial charge on any atom is 0.119 e. The van der Waals surface area contributed by atoms with E-state index in [1.54, 1.807) is 7.11 Å². The van der Waals surface area contributed by atoms with Crippen molar-refractivity contribution in [3.63, 3.8) is 0 Å². The molecule has 0 bridgehead atoms. The number of rotatable bonds is 2. The van der Waals surface area contributed by atoms with E-state index in [1.807, 2.05) is 30.6 Å². The number of hydrogen-bond acceptors (Lipinski definition) is 3. The Morgan fingerprint density at radius 1 is 1.09 bits per heavy atom. The van der Waals surface area contributed by atoms with E-state index in [1.165, 1.54) is 16.7 Å². The molecule has 0 saturated carbocycles. The lowest BCUT2D eigenvalue weighted by Gasteiger charge is -2.07. The summed E-state index contributed by atoms with van der Waals surface area (Å²) in [5, 5.41) is 7.83. The third kappa shape index (κ3) is 2.08. The molecule has 4 heteroatoms. The van der Waals surface area contributed by atoms with Gasteiger partial charge in [0.25, 0.3) is 0 Å². The zero-order valence-electron chi connectivity index (χ0n) is 12.5. The fraction of sp³-hybridized carbons (Fsp3) is 0.222. The first-order chi connectivity index (χ1) is 10.9. The van der Waals surface area contributed by atoms with Crippen LogP contribution in [-0.4, -0.2) is 22.3 Å². The van der Waals surface area contributed by atoms with Crippen molar-refractivity contribution in [3.8, 4) is 28.3 Å². The summed E-state index contributed by atoms with van der Waals surface area (Å²) in [6, 6.07) is 10.3. The zero-order chi connectivity index (χ0) is 14.9. The number of ether oxygens (including phenoxy) is 1. The third-order valence-corrected chi connectivity index (χ3v) is 4.28. The summed E-state index contributed by atoms with van der Waals surface area (Å²) in [5.74, 6) is 0.875. The number of benzene rings is 1. The van der Waals surface area contributed by atoms with Crippen LogP contribution in [0.2, 0.25) is 0 Å². The largest absolute Gasteiger partial charge is 0.497 e. The molecule has 4 nitrogen and oxygen atoms in total. The Morgan fingerprint density at radius 3 is 2.77 bits per heavy atom. The molecule has 0 saturated heterocycles. The summed E-state index contributed by atoms with van der Waals surface area (Å²) < 4.78 is 5.38. The van der Waals surface area contributed by atoms with E-state index in [0.29, 0.717) is 0 Å². The number of aryl methyl sites for hydroxylation is 1. The van der Waals surface area contributed by atoms with Gasteiger partial charge in [-0.1, -0.05) is 6.07 Å². The molecule has 0 unspecified atom stereocenters. The van der Waals surface area contributed by atoms with E-state index in [4.69, 9.17) is 4.74 Å². The lowest BCUT2D eigenvalue weighted by molar-refractivity contribution is 0.415. The fourth-order valence-electron chi connectivity index (χ4n) is 3.17. The van der Waals surface area contributed by atoms with Gasteiger partial charge in [-0.2, -0.15) is 5.10 Å². The summed E-state index contributed by atoms with van der Waals surface area (Å²) in [7, 11) is 1.70. The minimum atomic E-state index is 0.875. The second-order valence-corrected chi connectivity index (χ2v) is 5.54. The normalized spacial score (nSPS) is 13.1. The van der Waals surface area contributed by atoms with Crippen LogP contribution in [0.4, 0.5) is 0 Å². The fourth-order valence-corrected chi connectivity index (χ4v) is 3.17. The molecule has 2 heterocycles. The number of nitrogens with one attached hydrogen (secondary N) is 1. The minimum Gasteiger partial charge on any atom is -0.497 e. The monoisotopic (exact) mass is 291 g/mol. The van der Waals surface area contributed by atoms with Gasteiger partial charge in [0, 0.05) is 29.1 Å². The van der Waals surface area contributed by atoms with E-state index in [2.05, 4.69) is 27.3 Å². The first kappa shape index (κ1) is 13.1. The SMILES string of the molecule is COc1ccc2c(c1)-c1n[nH]c(-c3ccncc3)c1CCC2. The van der Waals surface area contributed by atoms with Crippen LogP contribution in [0.1, 0.15) is 17.5 Å². The van der Waals surface area contributed by atoms with Gasteiger partial charge in [0.1, 0.15) is 5.75 Å². The molecule has 1 aliphatic rings. The third-order valence-electron chi connectivity index (χ3n) is 4.28. The van der Waals surface area contributed by atoms with Gasteiger partial charge in [-0.25, -0.2) is 0 Å². The predicted octanol–water partition coefficient (Wildman–Crippen LogP) is 3.64. The Labute approximate surface area is 129 Å². The number of methoxy groups -OCH3 is 1. The Kier molecular flexibility index (Phi) is 3.15. The molecule has 0 atom stereocenters. The van der Waals surface area contributed by atoms with Crippen LogP contribution in [0.5, 0.6) is 5.75 Å². The van der Waals surface area contributed by atoms with E-state index in [9.17, 15) is 0 Å². The van der Waals surface area contributed by atoms with Crippen molar-refractivity contribution in [1.29, 1.82) is 0 Å². The average Bonchev–Trinajstić information content (AvgIpc) is 2.91. The summed E-state index contributed by atoms with van der Waals surface area (Å²) in [4.78, 5) is 4.09. The van der Waals surface area contributed by atoms with Gasteiger partial charge in [0.15, 0.2) is 0 Å². The number of fused-ring (bicyclic) bond motifs is 3. The highest BCUT2D eigenvalue weighted by Gasteiger charge is 2.21. The Balaban J connectivity index is 1.90. The quantitative estimate of drug-likeness (QED) is 0.784. The minimum absolute atomic E-state index is 0.875. The number of hydrogen-bond donors (Lipinski definition) is 1. The summed E-state index contributed by atoms with van der Waals surface area (Å²) in [6.07, 6.45) is 6.86. The van der Waals surface area contributed by atoms with E-state index < -0.39 is 0 Å². The summed E-state index contributed by atoms with van der Waals surface area (Å²) >= 11 is 0.